The molecule has 1 amide bonds. The van der Waals surface area contributed by atoms with Crippen LogP contribution >= 0.6 is 24.0 Å². The summed E-state index contributed by atoms with van der Waals surface area (Å²) in [4.78, 5) is 24.4. The van der Waals surface area contributed by atoms with Crippen LogP contribution in [0.2, 0.25) is 0 Å². The van der Waals surface area contributed by atoms with Gasteiger partial charge in [0.15, 0.2) is 5.11 Å². The molecule has 1 heterocycles. The van der Waals surface area contributed by atoms with Crippen LogP contribution in [0.5, 0.6) is 0 Å². The zero-order valence-corrected chi connectivity index (χ0v) is 23.2. The van der Waals surface area contributed by atoms with Crippen LogP contribution < -0.4 is 10.6 Å². The average molecular weight is 622 g/mol. The zero-order valence-electron chi connectivity index (χ0n) is 21.5. The SMILES string of the molecule is COC(=O)CCNC(=S)Nc1cccc(Sc2ccc(C=CC(=O)N3CCOCC3)c(C(F)(F)F)c2C(F)(F)F)c1. The highest BCUT2D eigenvalue weighted by atomic mass is 32.2. The molecule has 41 heavy (non-hydrogen) atoms. The second-order valence-electron chi connectivity index (χ2n) is 8.51. The number of nitrogens with zero attached hydrogens (tertiary/aromatic N) is 1. The molecule has 15 heteroatoms. The van der Waals surface area contributed by atoms with Crippen LogP contribution in [-0.4, -0.2) is 61.8 Å². The first-order chi connectivity index (χ1) is 19.3. The van der Waals surface area contributed by atoms with Gasteiger partial charge in [-0.15, -0.1) is 0 Å². The Balaban J connectivity index is 1.89. The predicted octanol–water partition coefficient (Wildman–Crippen LogP) is 5.60. The van der Waals surface area contributed by atoms with E-state index < -0.39 is 45.8 Å². The number of morpholine rings is 1. The zero-order chi connectivity index (χ0) is 30.2. The lowest BCUT2D eigenvalue weighted by Crippen LogP contribution is -2.39. The number of rotatable bonds is 8. The summed E-state index contributed by atoms with van der Waals surface area (Å²) in [6.07, 6.45) is -9.09. The third-order valence-corrected chi connectivity index (χ3v) is 6.95. The van der Waals surface area contributed by atoms with Crippen molar-refractivity contribution in [2.45, 2.75) is 28.6 Å². The number of alkyl halides is 6. The first-order valence-electron chi connectivity index (χ1n) is 12.1. The lowest BCUT2D eigenvalue weighted by Gasteiger charge is -2.25. The van der Waals surface area contributed by atoms with E-state index in [-0.39, 0.29) is 49.3 Å². The molecule has 0 unspecified atom stereocenters. The van der Waals surface area contributed by atoms with Gasteiger partial charge in [0.05, 0.1) is 37.9 Å². The number of esters is 1. The molecule has 2 aromatic rings. The first kappa shape index (κ1) is 32.2. The van der Waals surface area contributed by atoms with Crippen LogP contribution in [0.3, 0.4) is 0 Å². The molecule has 1 aliphatic heterocycles. The number of ether oxygens (including phenoxy) is 2. The third kappa shape index (κ3) is 9.36. The fourth-order valence-corrected chi connectivity index (χ4v) is 5.04. The molecule has 1 saturated heterocycles. The molecule has 0 radical (unpaired) electrons. The fourth-order valence-electron chi connectivity index (χ4n) is 3.78. The maximum absolute atomic E-state index is 14.2. The number of hydrogen-bond donors (Lipinski definition) is 2. The van der Waals surface area contributed by atoms with Gasteiger partial charge in [-0.3, -0.25) is 9.59 Å². The Labute approximate surface area is 241 Å². The molecular weight excluding hydrogens is 596 g/mol. The van der Waals surface area contributed by atoms with Gasteiger partial charge in [-0.2, -0.15) is 26.3 Å². The van der Waals surface area contributed by atoms with Crippen molar-refractivity contribution >= 4 is 52.7 Å². The quantitative estimate of drug-likeness (QED) is 0.171. The van der Waals surface area contributed by atoms with Crippen molar-refractivity contribution in [3.63, 3.8) is 0 Å². The van der Waals surface area contributed by atoms with Gasteiger partial charge in [0.2, 0.25) is 5.91 Å². The van der Waals surface area contributed by atoms with E-state index in [1.165, 1.54) is 30.2 Å². The molecule has 0 bridgehead atoms. The minimum absolute atomic E-state index is 0.0442. The van der Waals surface area contributed by atoms with Gasteiger partial charge in [0.1, 0.15) is 0 Å². The van der Waals surface area contributed by atoms with Gasteiger partial charge in [-0.1, -0.05) is 23.9 Å². The minimum atomic E-state index is -5.37. The van der Waals surface area contributed by atoms with Crippen molar-refractivity contribution in [3.8, 4) is 0 Å². The summed E-state index contributed by atoms with van der Waals surface area (Å²) in [6.45, 7) is 1.13. The van der Waals surface area contributed by atoms with Crippen molar-refractivity contribution < 1.29 is 45.4 Å². The monoisotopic (exact) mass is 621 g/mol. The van der Waals surface area contributed by atoms with E-state index >= 15 is 0 Å². The third-order valence-electron chi connectivity index (χ3n) is 5.66. The summed E-state index contributed by atoms with van der Waals surface area (Å²) < 4.78 is 94.5. The molecule has 0 atom stereocenters. The Hall–Kier alpha value is -3.30. The molecule has 1 fully saturated rings. The van der Waals surface area contributed by atoms with Crippen LogP contribution in [0.15, 0.2) is 52.3 Å². The van der Waals surface area contributed by atoms with Crippen molar-refractivity contribution in [3.05, 3.63) is 59.2 Å². The Morgan fingerprint density at radius 1 is 1.07 bits per heavy atom. The first-order valence-corrected chi connectivity index (χ1v) is 13.3. The van der Waals surface area contributed by atoms with E-state index in [2.05, 4.69) is 15.4 Å². The number of benzene rings is 2. The van der Waals surface area contributed by atoms with Gasteiger partial charge >= 0.3 is 18.3 Å². The largest absolute Gasteiger partial charge is 0.469 e. The number of nitrogens with one attached hydrogen (secondary N) is 2. The molecular formula is C26H25F6N3O4S2. The van der Waals surface area contributed by atoms with Crippen molar-refractivity contribution in [1.29, 1.82) is 0 Å². The van der Waals surface area contributed by atoms with Crippen LogP contribution in [0.1, 0.15) is 23.1 Å². The van der Waals surface area contributed by atoms with E-state index in [4.69, 9.17) is 17.0 Å². The second kappa shape index (κ2) is 14.0. The van der Waals surface area contributed by atoms with Gasteiger partial charge < -0.3 is 25.0 Å². The smallest absolute Gasteiger partial charge is 0.418 e. The van der Waals surface area contributed by atoms with Crippen molar-refractivity contribution in [2.75, 3.05) is 45.3 Å². The van der Waals surface area contributed by atoms with Gasteiger partial charge in [0.25, 0.3) is 0 Å². The number of thiocarbonyl (C=S) groups is 1. The van der Waals surface area contributed by atoms with Gasteiger partial charge in [0, 0.05) is 41.2 Å². The maximum atomic E-state index is 14.2. The molecule has 222 valence electrons. The highest BCUT2D eigenvalue weighted by Gasteiger charge is 2.46. The lowest BCUT2D eigenvalue weighted by molar-refractivity contribution is -0.163. The van der Waals surface area contributed by atoms with Crippen molar-refractivity contribution in [1.82, 2.24) is 10.2 Å². The van der Waals surface area contributed by atoms with Crippen molar-refractivity contribution in [2.24, 2.45) is 0 Å². The Bertz CT molecular complexity index is 1290. The summed E-state index contributed by atoms with van der Waals surface area (Å²) in [7, 11) is 1.24. The maximum Gasteiger partial charge on any atom is 0.418 e. The van der Waals surface area contributed by atoms with Crippen LogP contribution in [0.4, 0.5) is 32.0 Å². The number of anilines is 1. The summed E-state index contributed by atoms with van der Waals surface area (Å²) in [5.41, 5.74) is -4.16. The standard InChI is InChI=1S/C26H25F6N3O4S2/c1-38-21(37)9-10-33-24(40)34-17-3-2-4-18(15-17)41-19-7-5-16(6-8-20(36)35-11-13-39-14-12-35)22(25(27,28)29)23(19)26(30,31)32/h2-8,15H,9-14H2,1H3,(H2,33,34,40). The minimum Gasteiger partial charge on any atom is -0.469 e. The van der Waals surface area contributed by atoms with Crippen LogP contribution in [0, 0.1) is 0 Å². The Kier molecular flexibility index (Phi) is 11.0. The van der Waals surface area contributed by atoms with Crippen LogP contribution in [0.25, 0.3) is 6.08 Å². The lowest BCUT2D eigenvalue weighted by atomic mass is 9.99. The second-order valence-corrected chi connectivity index (χ2v) is 10.0. The number of hydrogen-bond acceptors (Lipinski definition) is 6. The average Bonchev–Trinajstić information content (AvgIpc) is 2.91. The fraction of sp³-hybridized carbons (Fsp3) is 0.346. The highest BCUT2D eigenvalue weighted by molar-refractivity contribution is 7.99. The Morgan fingerprint density at radius 2 is 1.76 bits per heavy atom. The normalized spacial score (nSPS) is 14.2. The highest BCUT2D eigenvalue weighted by Crippen LogP contribution is 2.48. The molecule has 3 rings (SSSR count). The summed E-state index contributed by atoms with van der Waals surface area (Å²) >= 11 is 5.62. The number of carbonyl (C=O) groups is 2. The summed E-state index contributed by atoms with van der Waals surface area (Å²) in [5.74, 6) is -1.09. The van der Waals surface area contributed by atoms with Crippen LogP contribution in [-0.2, 0) is 31.4 Å². The molecule has 1 aliphatic rings. The van der Waals surface area contributed by atoms with E-state index in [9.17, 15) is 35.9 Å². The summed E-state index contributed by atoms with van der Waals surface area (Å²) in [6, 6.07) is 7.76. The van der Waals surface area contributed by atoms with E-state index in [1.54, 1.807) is 6.07 Å². The molecule has 7 nitrogen and oxygen atoms in total. The summed E-state index contributed by atoms with van der Waals surface area (Å²) in [5, 5.41) is 5.69. The van der Waals surface area contributed by atoms with E-state index in [0.717, 1.165) is 24.3 Å². The molecule has 0 saturated carbocycles. The van der Waals surface area contributed by atoms with Gasteiger partial charge in [-0.05, 0) is 48.1 Å². The predicted molar refractivity (Wildman–Crippen MR) is 144 cm³/mol. The van der Waals surface area contributed by atoms with E-state index in [0.29, 0.717) is 17.4 Å². The number of methoxy groups -OCH3 is 1. The topological polar surface area (TPSA) is 79.9 Å². The number of carbonyl (C=O) groups excluding carboxylic acids is 2. The Morgan fingerprint density at radius 3 is 2.39 bits per heavy atom. The molecule has 2 N–H and O–H groups in total. The number of halogens is 6. The number of amides is 1. The molecule has 0 spiro atoms. The molecule has 0 aromatic heterocycles. The molecule has 0 aliphatic carbocycles. The van der Waals surface area contributed by atoms with Gasteiger partial charge in [-0.25, -0.2) is 0 Å². The van der Waals surface area contributed by atoms with E-state index in [1.807, 2.05) is 0 Å². The molecule has 2 aromatic carbocycles.